The average Bonchev–Trinajstić information content (AvgIpc) is 2.28. The molecule has 86 valence electrons. The summed E-state index contributed by atoms with van der Waals surface area (Å²) in [6.07, 6.45) is -0.329. The van der Waals surface area contributed by atoms with Gasteiger partial charge in [0.25, 0.3) is 0 Å². The molecule has 1 amide bonds. The zero-order chi connectivity index (χ0) is 11.5. The van der Waals surface area contributed by atoms with Crippen LogP contribution in [0.3, 0.4) is 0 Å². The van der Waals surface area contributed by atoms with Gasteiger partial charge in [0.2, 0.25) is 0 Å². The van der Waals surface area contributed by atoms with Gasteiger partial charge < -0.3 is 9.47 Å². The molecule has 16 heavy (non-hydrogen) atoms. The van der Waals surface area contributed by atoms with Crippen molar-refractivity contribution in [3.05, 3.63) is 24.3 Å². The Morgan fingerprint density at radius 1 is 1.56 bits per heavy atom. The fourth-order valence-electron chi connectivity index (χ4n) is 1.76. The Labute approximate surface area is 94.8 Å². The summed E-state index contributed by atoms with van der Waals surface area (Å²) in [5.41, 5.74) is 0.777. The highest BCUT2D eigenvalue weighted by molar-refractivity contribution is 5.90. The highest BCUT2D eigenvalue weighted by Crippen LogP contribution is 2.33. The van der Waals surface area contributed by atoms with Crippen molar-refractivity contribution < 1.29 is 14.3 Å². The van der Waals surface area contributed by atoms with Gasteiger partial charge in [0.1, 0.15) is 11.9 Å². The molecule has 1 aromatic rings. The van der Waals surface area contributed by atoms with Gasteiger partial charge in [-0.25, -0.2) is 4.79 Å². The van der Waals surface area contributed by atoms with Crippen molar-refractivity contribution in [1.29, 1.82) is 0 Å². The maximum Gasteiger partial charge on any atom is 0.414 e. The molecule has 0 saturated carbocycles. The third kappa shape index (κ3) is 1.96. The van der Waals surface area contributed by atoms with Crippen LogP contribution in [0.5, 0.6) is 5.75 Å². The smallest absolute Gasteiger partial charge is 0.414 e. The van der Waals surface area contributed by atoms with E-state index in [-0.39, 0.29) is 12.2 Å². The van der Waals surface area contributed by atoms with E-state index in [4.69, 9.17) is 9.47 Å². The first kappa shape index (κ1) is 10.8. The number of carbonyl (C=O) groups is 1. The number of fused-ring (bicyclic) bond motifs is 1. The molecule has 1 aliphatic heterocycles. The van der Waals surface area contributed by atoms with E-state index in [1.54, 1.807) is 11.8 Å². The van der Waals surface area contributed by atoms with E-state index in [9.17, 15) is 4.79 Å². The van der Waals surface area contributed by atoms with E-state index in [1.165, 1.54) is 0 Å². The Hall–Kier alpha value is -1.71. The monoisotopic (exact) mass is 221 g/mol. The molecule has 4 heteroatoms. The molecular weight excluding hydrogens is 206 g/mol. The van der Waals surface area contributed by atoms with Crippen molar-refractivity contribution in [2.75, 3.05) is 18.1 Å². The number of para-hydroxylation sites is 2. The van der Waals surface area contributed by atoms with Crippen LogP contribution in [0.4, 0.5) is 10.5 Å². The molecule has 1 aromatic carbocycles. The van der Waals surface area contributed by atoms with Crippen LogP contribution in [0, 0.1) is 0 Å². The molecule has 1 unspecified atom stereocenters. The number of hydrogen-bond acceptors (Lipinski definition) is 3. The van der Waals surface area contributed by atoms with Gasteiger partial charge in [-0.15, -0.1) is 0 Å². The van der Waals surface area contributed by atoms with Gasteiger partial charge in [-0.05, 0) is 26.0 Å². The van der Waals surface area contributed by atoms with Crippen LogP contribution >= 0.6 is 0 Å². The first-order valence-electron chi connectivity index (χ1n) is 5.42. The molecule has 0 bridgehead atoms. The molecule has 1 atom stereocenters. The van der Waals surface area contributed by atoms with Gasteiger partial charge in [-0.1, -0.05) is 12.1 Å². The molecule has 0 aromatic heterocycles. The van der Waals surface area contributed by atoms with Crippen LogP contribution in [0.1, 0.15) is 13.8 Å². The lowest BCUT2D eigenvalue weighted by atomic mass is 10.2. The second-order valence-corrected chi connectivity index (χ2v) is 3.71. The van der Waals surface area contributed by atoms with Crippen LogP contribution in [0.2, 0.25) is 0 Å². The highest BCUT2D eigenvalue weighted by Gasteiger charge is 2.27. The number of nitrogens with zero attached hydrogens (tertiary/aromatic N) is 1. The third-order valence-electron chi connectivity index (χ3n) is 2.41. The van der Waals surface area contributed by atoms with Gasteiger partial charge in [-0.3, -0.25) is 4.90 Å². The zero-order valence-electron chi connectivity index (χ0n) is 9.47. The number of carbonyl (C=O) groups excluding carboxylic acids is 1. The molecule has 1 heterocycles. The first-order chi connectivity index (χ1) is 7.72. The van der Waals surface area contributed by atoms with E-state index in [2.05, 4.69) is 0 Å². The van der Waals surface area contributed by atoms with Gasteiger partial charge in [0.05, 0.1) is 18.8 Å². The van der Waals surface area contributed by atoms with Crippen molar-refractivity contribution in [2.24, 2.45) is 0 Å². The lowest BCUT2D eigenvalue weighted by Crippen LogP contribution is -2.42. The quantitative estimate of drug-likeness (QED) is 0.731. The van der Waals surface area contributed by atoms with Crippen molar-refractivity contribution >= 4 is 11.8 Å². The Bertz CT molecular complexity index is 392. The molecule has 0 aliphatic carbocycles. The fraction of sp³-hybridized carbons (Fsp3) is 0.417. The minimum atomic E-state index is -0.315. The lowest BCUT2D eigenvalue weighted by Gasteiger charge is -2.32. The van der Waals surface area contributed by atoms with Crippen molar-refractivity contribution in [1.82, 2.24) is 0 Å². The average molecular weight is 221 g/mol. The summed E-state index contributed by atoms with van der Waals surface area (Å²) >= 11 is 0. The number of rotatable bonds is 1. The summed E-state index contributed by atoms with van der Waals surface area (Å²) in [7, 11) is 0. The summed E-state index contributed by atoms with van der Waals surface area (Å²) in [6.45, 7) is 4.64. The molecular formula is C12H15NO3. The number of hydrogen-bond donors (Lipinski definition) is 0. The molecule has 4 nitrogen and oxygen atoms in total. The van der Waals surface area contributed by atoms with E-state index in [0.29, 0.717) is 13.2 Å². The number of ether oxygens (including phenoxy) is 2. The topological polar surface area (TPSA) is 38.8 Å². The molecule has 0 radical (unpaired) electrons. The van der Waals surface area contributed by atoms with Gasteiger partial charge in [0.15, 0.2) is 0 Å². The fourth-order valence-corrected chi connectivity index (χ4v) is 1.76. The van der Waals surface area contributed by atoms with Gasteiger partial charge >= 0.3 is 6.09 Å². The number of benzene rings is 1. The van der Waals surface area contributed by atoms with Crippen LogP contribution < -0.4 is 9.64 Å². The molecule has 2 rings (SSSR count). The van der Waals surface area contributed by atoms with Crippen molar-refractivity contribution in [3.8, 4) is 5.75 Å². The third-order valence-corrected chi connectivity index (χ3v) is 2.41. The zero-order valence-corrected chi connectivity index (χ0v) is 9.47. The van der Waals surface area contributed by atoms with Crippen LogP contribution in [0.25, 0.3) is 0 Å². The normalized spacial score (nSPS) is 18.6. The first-order valence-corrected chi connectivity index (χ1v) is 5.42. The largest absolute Gasteiger partial charge is 0.487 e. The van der Waals surface area contributed by atoms with Crippen LogP contribution in [-0.2, 0) is 4.74 Å². The van der Waals surface area contributed by atoms with Crippen molar-refractivity contribution in [2.45, 2.75) is 20.0 Å². The standard InChI is InChI=1S/C12H15NO3/c1-3-15-12(14)13-8-9(2)16-11-7-5-4-6-10(11)13/h4-7,9H,3,8H2,1-2H3. The predicted molar refractivity (Wildman–Crippen MR) is 60.9 cm³/mol. The highest BCUT2D eigenvalue weighted by atomic mass is 16.6. The van der Waals surface area contributed by atoms with E-state index < -0.39 is 0 Å². The molecule has 0 spiro atoms. The molecule has 0 saturated heterocycles. The minimum absolute atomic E-state index is 0.0145. The Balaban J connectivity index is 2.30. The van der Waals surface area contributed by atoms with Gasteiger partial charge in [-0.2, -0.15) is 0 Å². The van der Waals surface area contributed by atoms with E-state index in [1.807, 2.05) is 31.2 Å². The maximum atomic E-state index is 11.8. The second kappa shape index (κ2) is 4.43. The Morgan fingerprint density at radius 3 is 3.06 bits per heavy atom. The maximum absolute atomic E-state index is 11.8. The molecule has 0 fully saturated rings. The number of anilines is 1. The predicted octanol–water partition coefficient (Wildman–Crippen LogP) is 2.43. The lowest BCUT2D eigenvalue weighted by molar-refractivity contribution is 0.149. The summed E-state index contributed by atoms with van der Waals surface area (Å²) < 4.78 is 10.7. The Kier molecular flexibility index (Phi) is 2.99. The molecule has 1 aliphatic rings. The summed E-state index contributed by atoms with van der Waals surface area (Å²) in [5, 5.41) is 0. The molecule has 0 N–H and O–H groups in total. The van der Waals surface area contributed by atoms with Gasteiger partial charge in [0, 0.05) is 0 Å². The van der Waals surface area contributed by atoms with E-state index >= 15 is 0 Å². The summed E-state index contributed by atoms with van der Waals surface area (Å²) in [5.74, 6) is 0.731. The minimum Gasteiger partial charge on any atom is -0.487 e. The summed E-state index contributed by atoms with van der Waals surface area (Å²) in [4.78, 5) is 13.4. The van der Waals surface area contributed by atoms with Crippen molar-refractivity contribution in [3.63, 3.8) is 0 Å². The second-order valence-electron chi connectivity index (χ2n) is 3.71. The van der Waals surface area contributed by atoms with E-state index in [0.717, 1.165) is 11.4 Å². The Morgan fingerprint density at radius 2 is 2.31 bits per heavy atom. The van der Waals surface area contributed by atoms with Crippen LogP contribution in [-0.4, -0.2) is 25.3 Å². The van der Waals surface area contributed by atoms with Crippen LogP contribution in [0.15, 0.2) is 24.3 Å². The summed E-state index contributed by atoms with van der Waals surface area (Å²) in [6, 6.07) is 7.49. The SMILES string of the molecule is CCOC(=O)N1CC(C)Oc2ccccc21. The number of amides is 1.